The molecule has 7 aromatic rings. The lowest BCUT2D eigenvalue weighted by atomic mass is 9.33. The molecule has 6 aromatic carbocycles. The molecule has 0 aliphatic carbocycles. The molecular formula is C36H21BN2O2. The third kappa shape index (κ3) is 2.70. The summed E-state index contributed by atoms with van der Waals surface area (Å²) in [5, 5.41) is 2.28. The molecule has 0 saturated carbocycles. The van der Waals surface area contributed by atoms with E-state index in [0.717, 1.165) is 50.5 Å². The molecule has 0 saturated heterocycles. The Bertz CT molecular complexity index is 2240. The number of ether oxygens (including phenoxy) is 1. The van der Waals surface area contributed by atoms with E-state index in [4.69, 9.17) is 9.15 Å². The van der Waals surface area contributed by atoms with Crippen LogP contribution in [0.1, 0.15) is 0 Å². The van der Waals surface area contributed by atoms with E-state index in [1.807, 2.05) is 18.2 Å². The summed E-state index contributed by atoms with van der Waals surface area (Å²) < 4.78 is 12.8. The van der Waals surface area contributed by atoms with Gasteiger partial charge < -0.3 is 19.0 Å². The summed E-state index contributed by atoms with van der Waals surface area (Å²) in [6.07, 6.45) is 0. The SMILES string of the molecule is c1ccc2c(c1)Oc1cccc3c1N2c1cccc2c1B3c1ccccc1N2c1ccc2c(c1)oc1ccccc12. The third-order valence-electron chi connectivity index (χ3n) is 8.83. The lowest BCUT2D eigenvalue weighted by molar-refractivity contribution is 0.477. The van der Waals surface area contributed by atoms with Crippen LogP contribution in [-0.4, -0.2) is 6.71 Å². The Labute approximate surface area is 236 Å². The molecule has 0 amide bonds. The van der Waals surface area contributed by atoms with E-state index in [1.165, 1.54) is 33.5 Å². The lowest BCUT2D eigenvalue weighted by Gasteiger charge is -2.45. The molecule has 3 aliphatic rings. The van der Waals surface area contributed by atoms with Crippen LogP contribution in [0.2, 0.25) is 0 Å². The largest absolute Gasteiger partial charge is 0.456 e. The highest BCUT2D eigenvalue weighted by Crippen LogP contribution is 2.52. The summed E-state index contributed by atoms with van der Waals surface area (Å²) in [4.78, 5) is 4.80. The zero-order valence-electron chi connectivity index (χ0n) is 21.9. The van der Waals surface area contributed by atoms with Gasteiger partial charge in [0.05, 0.1) is 11.4 Å². The molecule has 0 bridgehead atoms. The predicted molar refractivity (Wildman–Crippen MR) is 168 cm³/mol. The Morgan fingerprint density at radius 1 is 0.488 bits per heavy atom. The van der Waals surface area contributed by atoms with Crippen LogP contribution in [0.5, 0.6) is 11.5 Å². The number of hydrogen-bond donors (Lipinski definition) is 0. The Morgan fingerprint density at radius 3 is 2.12 bits per heavy atom. The molecule has 0 N–H and O–H groups in total. The summed E-state index contributed by atoms with van der Waals surface area (Å²) in [6.45, 7) is 0.0867. The second-order valence-corrected chi connectivity index (χ2v) is 10.9. The van der Waals surface area contributed by atoms with Crippen molar-refractivity contribution in [3.63, 3.8) is 0 Å². The van der Waals surface area contributed by atoms with E-state index in [2.05, 4.69) is 119 Å². The fourth-order valence-corrected chi connectivity index (χ4v) is 7.21. The maximum absolute atomic E-state index is 6.46. The van der Waals surface area contributed by atoms with Crippen molar-refractivity contribution in [3.8, 4) is 11.5 Å². The first-order valence-electron chi connectivity index (χ1n) is 14.0. The van der Waals surface area contributed by atoms with Gasteiger partial charge in [-0.25, -0.2) is 0 Å². The van der Waals surface area contributed by atoms with Gasteiger partial charge in [0.2, 0.25) is 0 Å². The lowest BCUT2D eigenvalue weighted by Crippen LogP contribution is -2.61. The maximum Gasteiger partial charge on any atom is 0.252 e. The molecule has 3 aliphatic heterocycles. The molecule has 0 radical (unpaired) electrons. The number of hydrogen-bond acceptors (Lipinski definition) is 4. The van der Waals surface area contributed by atoms with Crippen LogP contribution >= 0.6 is 0 Å². The van der Waals surface area contributed by atoms with Crippen molar-refractivity contribution in [1.29, 1.82) is 0 Å². The van der Waals surface area contributed by atoms with Crippen LogP contribution in [0.15, 0.2) is 132 Å². The van der Waals surface area contributed by atoms with E-state index >= 15 is 0 Å². The molecule has 41 heavy (non-hydrogen) atoms. The van der Waals surface area contributed by atoms with E-state index in [0.29, 0.717) is 0 Å². The molecule has 0 spiro atoms. The van der Waals surface area contributed by atoms with Crippen LogP contribution in [0, 0.1) is 0 Å². The van der Waals surface area contributed by atoms with E-state index < -0.39 is 0 Å². The van der Waals surface area contributed by atoms with Crippen LogP contribution in [0.3, 0.4) is 0 Å². The van der Waals surface area contributed by atoms with Crippen molar-refractivity contribution in [1.82, 2.24) is 0 Å². The standard InChI is InChI=1S/C36H21BN2O2/c1-5-16-31-23(9-1)24-20-19-22(21-34(24)40-31)38-27-12-3-2-10-25(27)37-26-11-7-18-33-36(26)39(28-13-4-6-17-32(28)41-33)30-15-8-14-29(38)35(30)37/h1-21H. The highest BCUT2D eigenvalue weighted by molar-refractivity contribution is 7.00. The smallest absolute Gasteiger partial charge is 0.252 e. The minimum atomic E-state index is 0.0867. The van der Waals surface area contributed by atoms with Gasteiger partial charge in [0.1, 0.15) is 11.2 Å². The normalized spacial score (nSPS) is 13.9. The van der Waals surface area contributed by atoms with Gasteiger partial charge >= 0.3 is 0 Å². The molecule has 0 fully saturated rings. The van der Waals surface area contributed by atoms with E-state index in [9.17, 15) is 0 Å². The monoisotopic (exact) mass is 524 g/mol. The number of anilines is 6. The predicted octanol–water partition coefficient (Wildman–Crippen LogP) is 7.77. The Balaban J connectivity index is 1.27. The molecule has 4 nitrogen and oxygen atoms in total. The van der Waals surface area contributed by atoms with Gasteiger partial charge in [-0.3, -0.25) is 0 Å². The first-order chi connectivity index (χ1) is 20.3. The Morgan fingerprint density at radius 2 is 1.17 bits per heavy atom. The molecule has 1 aromatic heterocycles. The van der Waals surface area contributed by atoms with Crippen LogP contribution < -0.4 is 30.9 Å². The van der Waals surface area contributed by atoms with Crippen molar-refractivity contribution in [2.45, 2.75) is 0 Å². The van der Waals surface area contributed by atoms with Crippen molar-refractivity contribution < 1.29 is 9.15 Å². The average Bonchev–Trinajstić information content (AvgIpc) is 3.40. The minimum absolute atomic E-state index is 0.0867. The molecule has 190 valence electrons. The summed E-state index contributed by atoms with van der Waals surface area (Å²) in [5.74, 6) is 1.77. The maximum atomic E-state index is 6.46. The van der Waals surface area contributed by atoms with Crippen molar-refractivity contribution in [3.05, 3.63) is 127 Å². The summed E-state index contributed by atoms with van der Waals surface area (Å²) >= 11 is 0. The van der Waals surface area contributed by atoms with Gasteiger partial charge in [-0.2, -0.15) is 0 Å². The highest BCUT2D eigenvalue weighted by Gasteiger charge is 2.45. The van der Waals surface area contributed by atoms with Crippen LogP contribution in [0.25, 0.3) is 21.9 Å². The summed E-state index contributed by atoms with van der Waals surface area (Å²) in [6, 6.07) is 45.1. The number of para-hydroxylation sites is 5. The minimum Gasteiger partial charge on any atom is -0.456 e. The number of furan rings is 1. The molecule has 0 unspecified atom stereocenters. The van der Waals surface area contributed by atoms with Gasteiger partial charge in [-0.15, -0.1) is 0 Å². The fraction of sp³-hybridized carbons (Fsp3) is 0. The molecule has 5 heteroatoms. The van der Waals surface area contributed by atoms with E-state index in [-0.39, 0.29) is 6.71 Å². The van der Waals surface area contributed by atoms with Gasteiger partial charge in [0.15, 0.2) is 11.5 Å². The van der Waals surface area contributed by atoms with Gasteiger partial charge in [-0.1, -0.05) is 66.7 Å². The zero-order valence-corrected chi connectivity index (χ0v) is 21.9. The summed E-state index contributed by atoms with van der Waals surface area (Å²) in [5.41, 5.74) is 12.5. The molecule has 4 heterocycles. The third-order valence-corrected chi connectivity index (χ3v) is 8.83. The van der Waals surface area contributed by atoms with Crippen molar-refractivity contribution in [2.24, 2.45) is 0 Å². The van der Waals surface area contributed by atoms with Gasteiger partial charge in [0, 0.05) is 39.6 Å². The molecular weight excluding hydrogens is 503 g/mol. The topological polar surface area (TPSA) is 28.9 Å². The average molecular weight is 524 g/mol. The van der Waals surface area contributed by atoms with Crippen LogP contribution in [0.4, 0.5) is 34.1 Å². The highest BCUT2D eigenvalue weighted by atomic mass is 16.5. The number of fused-ring (bicyclic) bond motifs is 9. The van der Waals surface area contributed by atoms with Crippen LogP contribution in [-0.2, 0) is 0 Å². The van der Waals surface area contributed by atoms with Crippen molar-refractivity contribution >= 4 is 79.2 Å². The number of nitrogens with zero attached hydrogens (tertiary/aromatic N) is 2. The summed E-state index contributed by atoms with van der Waals surface area (Å²) in [7, 11) is 0. The quantitative estimate of drug-likeness (QED) is 0.205. The molecule has 10 rings (SSSR count). The first-order valence-corrected chi connectivity index (χ1v) is 14.0. The zero-order chi connectivity index (χ0) is 26.7. The first kappa shape index (κ1) is 21.4. The second-order valence-electron chi connectivity index (χ2n) is 10.9. The van der Waals surface area contributed by atoms with Gasteiger partial charge in [-0.05, 0) is 71.0 Å². The Kier molecular flexibility index (Phi) is 3.98. The fourth-order valence-electron chi connectivity index (χ4n) is 7.21. The van der Waals surface area contributed by atoms with Crippen molar-refractivity contribution in [2.75, 3.05) is 9.80 Å². The van der Waals surface area contributed by atoms with E-state index in [1.54, 1.807) is 0 Å². The Hall–Kier alpha value is -5.42. The molecule has 0 atom stereocenters. The number of benzene rings is 6. The number of rotatable bonds is 1. The van der Waals surface area contributed by atoms with Gasteiger partial charge in [0.25, 0.3) is 6.71 Å². The second kappa shape index (κ2) is 7.61.